The minimum absolute atomic E-state index is 0.0640. The van der Waals surface area contributed by atoms with Gasteiger partial charge in [0.1, 0.15) is 11.5 Å². The Morgan fingerprint density at radius 2 is 1.76 bits per heavy atom. The maximum Gasteiger partial charge on any atom is 0.293 e. The molecule has 196 valence electrons. The molecule has 0 bridgehead atoms. The van der Waals surface area contributed by atoms with Crippen molar-refractivity contribution in [2.45, 2.75) is 4.90 Å². The number of aromatic nitrogens is 1. The lowest BCUT2D eigenvalue weighted by Crippen LogP contribution is -2.41. The van der Waals surface area contributed by atoms with Crippen LogP contribution in [0.2, 0.25) is 0 Å². The van der Waals surface area contributed by atoms with Crippen LogP contribution in [0.25, 0.3) is 10.2 Å². The van der Waals surface area contributed by atoms with Crippen LogP contribution in [-0.2, 0) is 24.8 Å². The number of sulfonamides is 2. The number of nitro groups is 2. The second-order valence-electron chi connectivity index (χ2n) is 7.57. The summed E-state index contributed by atoms with van der Waals surface area (Å²) in [6.45, 7) is 0. The maximum absolute atomic E-state index is 13.1. The smallest absolute Gasteiger partial charge is 0.293 e. The van der Waals surface area contributed by atoms with Gasteiger partial charge in [0.2, 0.25) is 10.0 Å². The summed E-state index contributed by atoms with van der Waals surface area (Å²) in [4.78, 5) is 37.4. The van der Waals surface area contributed by atoms with Crippen LogP contribution >= 0.6 is 23.1 Å². The van der Waals surface area contributed by atoms with E-state index in [1.54, 1.807) is 0 Å². The highest BCUT2D eigenvalue weighted by Gasteiger charge is 2.45. The van der Waals surface area contributed by atoms with Crippen LogP contribution in [0.4, 0.5) is 22.2 Å². The number of nitrogens with one attached hydrogen (secondary N) is 1. The van der Waals surface area contributed by atoms with E-state index in [4.69, 9.17) is 0 Å². The van der Waals surface area contributed by atoms with Crippen LogP contribution in [0, 0.1) is 20.2 Å². The van der Waals surface area contributed by atoms with E-state index in [1.165, 1.54) is 24.3 Å². The van der Waals surface area contributed by atoms with Gasteiger partial charge in [-0.2, -0.15) is 8.42 Å². The Bertz CT molecular complexity index is 1880. The Morgan fingerprint density at radius 3 is 2.45 bits per heavy atom. The fraction of sp³-hybridized carbons (Fsp3) is 0.0556. The molecule has 2 aliphatic rings. The third-order valence-corrected chi connectivity index (χ3v) is 9.73. The number of non-ortho nitro benzene ring substituents is 2. The van der Waals surface area contributed by atoms with E-state index < -0.39 is 52.2 Å². The average Bonchev–Trinajstić information content (AvgIpc) is 3.35. The van der Waals surface area contributed by atoms with E-state index in [0.29, 0.717) is 11.8 Å². The Kier molecular flexibility index (Phi) is 5.85. The van der Waals surface area contributed by atoms with Crippen LogP contribution in [0.5, 0.6) is 0 Å². The van der Waals surface area contributed by atoms with Gasteiger partial charge in [-0.25, -0.2) is 13.4 Å². The fourth-order valence-corrected chi connectivity index (χ4v) is 8.20. The van der Waals surface area contributed by atoms with Gasteiger partial charge < -0.3 is 5.11 Å². The first-order valence-corrected chi connectivity index (χ1v) is 14.6. The molecule has 0 fully saturated rings. The molecule has 20 heteroatoms. The summed E-state index contributed by atoms with van der Waals surface area (Å²) >= 11 is 1.44. The topological polar surface area (TPSA) is 232 Å². The van der Waals surface area contributed by atoms with Gasteiger partial charge in [-0.1, -0.05) is 11.3 Å². The highest BCUT2D eigenvalue weighted by Crippen LogP contribution is 2.45. The number of hydrogen-bond donors (Lipinski definition) is 2. The number of thioether (sulfide) groups is 1. The number of carbonyl (C=O) groups excluding carboxylic acids is 1. The molecule has 38 heavy (non-hydrogen) atoms. The molecular weight excluding hydrogens is 588 g/mol. The molecule has 0 spiro atoms. The molecule has 2 N–H and O–H groups in total. The van der Waals surface area contributed by atoms with E-state index in [0.717, 1.165) is 28.4 Å². The molecular formula is C18H10N6O10S4. The number of fused-ring (bicyclic) bond motifs is 4. The standard InChI is InChI=1S/C18H10N6O10S4/c25-12(7-37(31,32)20-17-19-10-3-1-8(23(27)28)5-13(10)35-17)15-16(26)22-11-4-2-9(24(29)30)6-14(11)36-18(22)21-38(15,33)34/h1-6,25H,7H2,(H,19,20)/b15-12+. The van der Waals surface area contributed by atoms with Crippen LogP contribution in [0.1, 0.15) is 0 Å². The van der Waals surface area contributed by atoms with E-state index >= 15 is 0 Å². The number of aliphatic hydroxyl groups is 1. The summed E-state index contributed by atoms with van der Waals surface area (Å²) in [7, 11) is -9.38. The van der Waals surface area contributed by atoms with E-state index in [1.807, 2.05) is 4.72 Å². The van der Waals surface area contributed by atoms with Crippen molar-refractivity contribution in [3.8, 4) is 0 Å². The van der Waals surface area contributed by atoms with Crippen molar-refractivity contribution in [1.82, 2.24) is 4.98 Å². The lowest BCUT2D eigenvalue weighted by atomic mass is 10.2. The van der Waals surface area contributed by atoms with Crippen LogP contribution in [0.3, 0.4) is 0 Å². The average molecular weight is 599 g/mol. The first-order valence-electron chi connectivity index (χ1n) is 9.89. The molecule has 1 aromatic heterocycles. The molecule has 2 aromatic carbocycles. The number of carbonyl (C=O) groups is 1. The minimum atomic E-state index is -4.85. The van der Waals surface area contributed by atoms with Crippen LogP contribution < -0.4 is 9.62 Å². The van der Waals surface area contributed by atoms with Crippen molar-refractivity contribution in [3.63, 3.8) is 0 Å². The van der Waals surface area contributed by atoms with Gasteiger partial charge >= 0.3 is 0 Å². The molecule has 5 rings (SSSR count). The third kappa shape index (κ3) is 4.42. The molecule has 2 aliphatic heterocycles. The van der Waals surface area contributed by atoms with Crippen molar-refractivity contribution in [2.24, 2.45) is 4.40 Å². The highest BCUT2D eigenvalue weighted by atomic mass is 32.2. The first-order chi connectivity index (χ1) is 17.8. The third-order valence-electron chi connectivity index (χ3n) is 5.06. The Labute approximate surface area is 219 Å². The van der Waals surface area contributed by atoms with E-state index in [9.17, 15) is 47.0 Å². The molecule has 1 amide bonds. The fourth-order valence-electron chi connectivity index (χ4n) is 3.50. The van der Waals surface area contributed by atoms with E-state index in [-0.39, 0.29) is 42.5 Å². The predicted octanol–water partition coefficient (Wildman–Crippen LogP) is 2.46. The monoisotopic (exact) mass is 598 g/mol. The van der Waals surface area contributed by atoms with Crippen molar-refractivity contribution >= 4 is 86.6 Å². The number of aliphatic hydroxyl groups excluding tert-OH is 1. The van der Waals surface area contributed by atoms with E-state index in [2.05, 4.69) is 9.38 Å². The number of thiazole rings is 1. The van der Waals surface area contributed by atoms with Gasteiger partial charge in [-0.05, 0) is 23.9 Å². The number of nitro benzene ring substituents is 2. The molecule has 0 saturated carbocycles. The number of amides is 1. The van der Waals surface area contributed by atoms with Crippen LogP contribution in [0.15, 0.2) is 56.4 Å². The highest BCUT2D eigenvalue weighted by molar-refractivity contribution is 8.16. The SMILES string of the molecule is O=C1/C(=C(\O)CS(=O)(=O)Nc2nc3ccc([N+](=O)[O-])cc3s2)S(=O)(=O)N=C2Sc3cc([N+](=O)[O-])ccc3N12. The zero-order chi connectivity index (χ0) is 27.6. The predicted molar refractivity (Wildman–Crippen MR) is 136 cm³/mol. The molecule has 16 nitrogen and oxygen atoms in total. The number of anilines is 2. The van der Waals surface area contributed by atoms with Gasteiger partial charge in [0, 0.05) is 29.2 Å². The molecule has 3 aromatic rings. The second kappa shape index (κ2) is 8.72. The van der Waals surface area contributed by atoms with Crippen LogP contribution in [-0.4, -0.2) is 53.6 Å². The van der Waals surface area contributed by atoms with Crippen molar-refractivity contribution in [3.05, 3.63) is 67.3 Å². The molecule has 0 radical (unpaired) electrons. The van der Waals surface area contributed by atoms with Gasteiger partial charge in [0.15, 0.2) is 15.2 Å². The molecule has 0 saturated heterocycles. The van der Waals surface area contributed by atoms with Gasteiger partial charge in [-0.15, -0.1) is 4.40 Å². The Morgan fingerprint density at radius 1 is 1.11 bits per heavy atom. The largest absolute Gasteiger partial charge is 0.509 e. The van der Waals surface area contributed by atoms with Crippen molar-refractivity contribution < 1.29 is 36.6 Å². The summed E-state index contributed by atoms with van der Waals surface area (Å²) in [6.07, 6.45) is 0. The maximum atomic E-state index is 13.1. The van der Waals surface area contributed by atoms with Crippen molar-refractivity contribution in [2.75, 3.05) is 15.4 Å². The minimum Gasteiger partial charge on any atom is -0.509 e. The Balaban J connectivity index is 1.46. The Hall–Kier alpha value is -4.14. The first kappa shape index (κ1) is 25.5. The number of rotatable bonds is 6. The summed E-state index contributed by atoms with van der Waals surface area (Å²) in [5.41, 5.74) is -0.241. The normalized spacial score (nSPS) is 17.5. The zero-order valence-corrected chi connectivity index (χ0v) is 21.4. The van der Waals surface area contributed by atoms with Gasteiger partial charge in [-0.3, -0.25) is 34.6 Å². The number of benzene rings is 2. The number of nitrogens with zero attached hydrogens (tertiary/aromatic N) is 5. The molecule has 0 atom stereocenters. The zero-order valence-electron chi connectivity index (χ0n) is 18.2. The summed E-state index contributed by atoms with van der Waals surface area (Å²) < 4.78 is 56.6. The van der Waals surface area contributed by atoms with Crippen molar-refractivity contribution in [1.29, 1.82) is 0 Å². The number of amidine groups is 1. The summed E-state index contributed by atoms with van der Waals surface area (Å²) in [6, 6.07) is 7.08. The lowest BCUT2D eigenvalue weighted by Gasteiger charge is -2.22. The lowest BCUT2D eigenvalue weighted by molar-refractivity contribution is -0.385. The summed E-state index contributed by atoms with van der Waals surface area (Å²) in [5, 5.41) is 31.9. The second-order valence-corrected chi connectivity index (χ2v) is 12.9. The van der Waals surface area contributed by atoms with Gasteiger partial charge in [0.25, 0.3) is 27.3 Å². The van der Waals surface area contributed by atoms with Gasteiger partial charge in [0.05, 0.1) is 25.8 Å². The molecule has 0 unspecified atom stereocenters. The summed E-state index contributed by atoms with van der Waals surface area (Å²) in [5.74, 6) is -3.96. The molecule has 0 aliphatic carbocycles. The number of hydrogen-bond acceptors (Lipinski definition) is 13. The molecule has 3 heterocycles. The quantitative estimate of drug-likeness (QED) is 0.180.